The van der Waals surface area contributed by atoms with Crippen LogP contribution in [0, 0.1) is 0 Å². The van der Waals surface area contributed by atoms with Gasteiger partial charge in [0.25, 0.3) is 0 Å². The third kappa shape index (κ3) is 2.93. The molecule has 14 heavy (non-hydrogen) atoms. The van der Waals surface area contributed by atoms with Crippen LogP contribution in [-0.2, 0) is 10.0 Å². The van der Waals surface area contributed by atoms with Gasteiger partial charge in [-0.25, -0.2) is 12.7 Å². The lowest BCUT2D eigenvalue weighted by molar-refractivity contribution is 0.278. The van der Waals surface area contributed by atoms with Crippen molar-refractivity contribution < 1.29 is 13.5 Å². The highest BCUT2D eigenvalue weighted by Gasteiger charge is 2.26. The van der Waals surface area contributed by atoms with Crippen LogP contribution < -0.4 is 0 Å². The van der Waals surface area contributed by atoms with Gasteiger partial charge in [0.2, 0.25) is 10.0 Å². The number of nitrogens with zero attached hydrogens (tertiary/aromatic N) is 1. The fraction of sp³-hybridized carbons (Fsp3) is 1.00. The normalized spacial score (nSPS) is 20.2. The lowest BCUT2D eigenvalue weighted by Crippen LogP contribution is -2.40. The van der Waals surface area contributed by atoms with Crippen LogP contribution in [0.5, 0.6) is 0 Å². The highest BCUT2D eigenvalue weighted by Crippen LogP contribution is 2.23. The minimum atomic E-state index is -3.23. The van der Waals surface area contributed by atoms with E-state index in [-0.39, 0.29) is 18.4 Å². The van der Waals surface area contributed by atoms with Crippen molar-refractivity contribution in [1.82, 2.24) is 4.31 Å². The minimum Gasteiger partial charge on any atom is -0.395 e. The van der Waals surface area contributed by atoms with Gasteiger partial charge in [-0.2, -0.15) is 0 Å². The SMILES string of the molecule is CN(C1CCCCC1)S(=O)(=O)CCO. The maximum Gasteiger partial charge on any atom is 0.216 e. The van der Waals surface area contributed by atoms with Gasteiger partial charge in [0.05, 0.1) is 12.4 Å². The fourth-order valence-corrected chi connectivity index (χ4v) is 3.11. The second-order valence-corrected chi connectivity index (χ2v) is 6.00. The zero-order valence-corrected chi connectivity index (χ0v) is 9.46. The summed E-state index contributed by atoms with van der Waals surface area (Å²) in [5.74, 6) is -0.153. The van der Waals surface area contributed by atoms with Crippen LogP contribution in [0.1, 0.15) is 32.1 Å². The van der Waals surface area contributed by atoms with E-state index in [1.54, 1.807) is 7.05 Å². The Morgan fingerprint density at radius 1 is 1.29 bits per heavy atom. The lowest BCUT2D eigenvalue weighted by atomic mass is 9.96. The second kappa shape index (κ2) is 5.09. The van der Waals surface area contributed by atoms with Crippen LogP contribution in [0.4, 0.5) is 0 Å². The van der Waals surface area contributed by atoms with Crippen LogP contribution in [0.2, 0.25) is 0 Å². The molecule has 1 aliphatic carbocycles. The van der Waals surface area contributed by atoms with E-state index in [0.29, 0.717) is 0 Å². The van der Waals surface area contributed by atoms with E-state index in [9.17, 15) is 8.42 Å². The quantitative estimate of drug-likeness (QED) is 0.755. The van der Waals surface area contributed by atoms with Gasteiger partial charge in [-0.3, -0.25) is 0 Å². The summed E-state index contributed by atoms with van der Waals surface area (Å²) in [6, 6.07) is 0.153. The van der Waals surface area contributed by atoms with Crippen molar-refractivity contribution in [2.24, 2.45) is 0 Å². The predicted octanol–water partition coefficient (Wildman–Crippen LogP) is 0.573. The third-order valence-corrected chi connectivity index (χ3v) is 4.75. The van der Waals surface area contributed by atoms with Gasteiger partial charge in [-0.05, 0) is 12.8 Å². The summed E-state index contributed by atoms with van der Waals surface area (Å²) in [6.45, 7) is -0.292. The summed E-state index contributed by atoms with van der Waals surface area (Å²) < 4.78 is 24.6. The Morgan fingerprint density at radius 2 is 1.86 bits per heavy atom. The van der Waals surface area contributed by atoms with E-state index >= 15 is 0 Å². The monoisotopic (exact) mass is 221 g/mol. The molecule has 1 saturated carbocycles. The molecule has 84 valence electrons. The number of sulfonamides is 1. The Kier molecular flexibility index (Phi) is 4.34. The van der Waals surface area contributed by atoms with Gasteiger partial charge >= 0.3 is 0 Å². The maximum absolute atomic E-state index is 11.6. The van der Waals surface area contributed by atoms with Crippen LogP contribution in [0.3, 0.4) is 0 Å². The van der Waals surface area contributed by atoms with Gasteiger partial charge in [0.15, 0.2) is 0 Å². The van der Waals surface area contributed by atoms with E-state index < -0.39 is 10.0 Å². The van der Waals surface area contributed by atoms with Crippen LogP contribution >= 0.6 is 0 Å². The Bertz CT molecular complexity index is 257. The Balaban J connectivity index is 2.58. The average molecular weight is 221 g/mol. The Hall–Kier alpha value is -0.130. The van der Waals surface area contributed by atoms with Crippen molar-refractivity contribution in [1.29, 1.82) is 0 Å². The number of hydrogen-bond acceptors (Lipinski definition) is 3. The third-order valence-electron chi connectivity index (χ3n) is 2.88. The number of aliphatic hydroxyl groups is 1. The van der Waals surface area contributed by atoms with Gasteiger partial charge in [0.1, 0.15) is 0 Å². The molecule has 0 aliphatic heterocycles. The molecule has 0 aromatic rings. The molecule has 1 aliphatic rings. The molecule has 0 aromatic carbocycles. The summed E-state index contributed by atoms with van der Waals surface area (Å²) in [4.78, 5) is 0. The molecule has 1 rings (SSSR count). The van der Waals surface area contributed by atoms with Crippen LogP contribution in [-0.4, -0.2) is 43.3 Å². The van der Waals surface area contributed by atoms with E-state index in [0.717, 1.165) is 25.7 Å². The van der Waals surface area contributed by atoms with E-state index in [4.69, 9.17) is 5.11 Å². The predicted molar refractivity (Wildman–Crippen MR) is 55.5 cm³/mol. The molecule has 5 heteroatoms. The van der Waals surface area contributed by atoms with Gasteiger partial charge in [0, 0.05) is 13.1 Å². The number of aliphatic hydroxyl groups excluding tert-OH is 1. The summed E-state index contributed by atoms with van der Waals surface area (Å²) in [5, 5.41) is 8.64. The fourth-order valence-electron chi connectivity index (χ4n) is 1.93. The molecule has 4 nitrogen and oxygen atoms in total. The first-order valence-corrected chi connectivity index (χ1v) is 6.75. The molecule has 0 heterocycles. The van der Waals surface area contributed by atoms with Crippen molar-refractivity contribution >= 4 is 10.0 Å². The average Bonchev–Trinajstić information content (AvgIpc) is 2.18. The number of hydrogen-bond donors (Lipinski definition) is 1. The molecule has 0 saturated heterocycles. The standard InChI is InChI=1S/C9H19NO3S/c1-10(14(12,13)8-7-11)9-5-3-2-4-6-9/h9,11H,2-8H2,1H3. The molecule has 0 amide bonds. The maximum atomic E-state index is 11.6. The van der Waals surface area contributed by atoms with Crippen molar-refractivity contribution in [3.63, 3.8) is 0 Å². The number of rotatable bonds is 4. The largest absolute Gasteiger partial charge is 0.395 e. The molecule has 0 bridgehead atoms. The van der Waals surface area contributed by atoms with E-state index in [1.165, 1.54) is 10.7 Å². The second-order valence-electron chi connectivity index (χ2n) is 3.85. The zero-order chi connectivity index (χ0) is 10.6. The minimum absolute atomic E-state index is 0.153. The van der Waals surface area contributed by atoms with Crippen LogP contribution in [0.25, 0.3) is 0 Å². The topological polar surface area (TPSA) is 57.6 Å². The van der Waals surface area contributed by atoms with Crippen molar-refractivity contribution in [2.45, 2.75) is 38.1 Å². The first-order chi connectivity index (χ1) is 6.58. The van der Waals surface area contributed by atoms with Gasteiger partial charge in [-0.1, -0.05) is 19.3 Å². The molecule has 0 unspecified atom stereocenters. The first kappa shape index (κ1) is 11.9. The molecule has 1 N–H and O–H groups in total. The van der Waals surface area contributed by atoms with Crippen molar-refractivity contribution in [2.75, 3.05) is 19.4 Å². The van der Waals surface area contributed by atoms with Gasteiger partial charge < -0.3 is 5.11 Å². The summed E-state index contributed by atoms with van der Waals surface area (Å²) in [5.41, 5.74) is 0. The first-order valence-electron chi connectivity index (χ1n) is 5.14. The van der Waals surface area contributed by atoms with Gasteiger partial charge in [-0.15, -0.1) is 0 Å². The molecular formula is C9H19NO3S. The molecule has 1 fully saturated rings. The lowest BCUT2D eigenvalue weighted by Gasteiger charge is -2.30. The molecule has 0 atom stereocenters. The molecule has 0 spiro atoms. The van der Waals surface area contributed by atoms with E-state index in [2.05, 4.69) is 0 Å². The van der Waals surface area contributed by atoms with Crippen molar-refractivity contribution in [3.8, 4) is 0 Å². The molecule has 0 aromatic heterocycles. The van der Waals surface area contributed by atoms with Crippen LogP contribution in [0.15, 0.2) is 0 Å². The Morgan fingerprint density at radius 3 is 2.36 bits per heavy atom. The van der Waals surface area contributed by atoms with E-state index in [1.807, 2.05) is 0 Å². The highest BCUT2D eigenvalue weighted by atomic mass is 32.2. The smallest absolute Gasteiger partial charge is 0.216 e. The summed E-state index contributed by atoms with van der Waals surface area (Å²) >= 11 is 0. The summed E-state index contributed by atoms with van der Waals surface area (Å²) in [6.07, 6.45) is 5.36. The van der Waals surface area contributed by atoms with Crippen molar-refractivity contribution in [3.05, 3.63) is 0 Å². The summed E-state index contributed by atoms with van der Waals surface area (Å²) in [7, 11) is -1.60. The molecule has 0 radical (unpaired) electrons. The molecular weight excluding hydrogens is 202 g/mol. The Labute approximate surface area is 86.0 Å². The highest BCUT2D eigenvalue weighted by molar-refractivity contribution is 7.89. The zero-order valence-electron chi connectivity index (χ0n) is 8.65.